The quantitative estimate of drug-likeness (QED) is 0.474. The molecule has 1 aliphatic heterocycles. The third kappa shape index (κ3) is 1.31. The highest BCUT2D eigenvalue weighted by atomic mass is 32.2. The Hall–Kier alpha value is 0.0800. The Labute approximate surface area is 58.8 Å². The lowest BCUT2D eigenvalue weighted by atomic mass is 10.6. The first-order valence-electron chi connectivity index (χ1n) is 2.53. The van der Waals surface area contributed by atoms with Crippen molar-refractivity contribution in [3.8, 4) is 0 Å². The summed E-state index contributed by atoms with van der Waals surface area (Å²) in [5.74, 6) is 0.855. The Morgan fingerprint density at radius 3 is 2.78 bits per heavy atom. The molecule has 1 rings (SSSR count). The topological polar surface area (TPSA) is 46.2 Å². The summed E-state index contributed by atoms with van der Waals surface area (Å²) in [6.45, 7) is 0.763. The van der Waals surface area contributed by atoms with Crippen molar-refractivity contribution in [2.75, 3.05) is 12.3 Å². The highest BCUT2D eigenvalue weighted by molar-refractivity contribution is 8.05. The minimum absolute atomic E-state index is 0.135. The molecule has 0 aromatic heterocycles. The molecule has 5 heteroatoms. The van der Waals surface area contributed by atoms with E-state index in [0.717, 1.165) is 12.3 Å². The second kappa shape index (κ2) is 2.78. The molecule has 0 radical (unpaired) electrons. The van der Waals surface area contributed by atoms with Crippen LogP contribution in [0.2, 0.25) is 0 Å². The van der Waals surface area contributed by atoms with Crippen molar-refractivity contribution in [2.24, 2.45) is 0 Å². The third-order valence-electron chi connectivity index (χ3n) is 1.10. The van der Waals surface area contributed by atoms with Crippen molar-refractivity contribution >= 4 is 26.5 Å². The van der Waals surface area contributed by atoms with E-state index in [0.29, 0.717) is 6.29 Å². The number of nitrogens with one attached hydrogen (secondary N) is 1. The Kier molecular flexibility index (Phi) is 2.22. The number of thioether (sulfide) groups is 1. The van der Waals surface area contributed by atoms with E-state index in [-0.39, 0.29) is 8.46 Å². The second-order valence-electron chi connectivity index (χ2n) is 1.68. The van der Waals surface area contributed by atoms with Gasteiger partial charge in [-0.05, 0) is 0 Å². The van der Waals surface area contributed by atoms with E-state index in [1.165, 1.54) is 11.8 Å². The molecule has 0 aromatic carbocycles. The summed E-state index contributed by atoms with van der Waals surface area (Å²) in [5.41, 5.74) is 0. The molecule has 0 saturated carbocycles. The Morgan fingerprint density at radius 2 is 2.56 bits per heavy atom. The molecular formula is C4H6NO2PS. The van der Waals surface area contributed by atoms with Gasteiger partial charge in [-0.2, -0.15) is 0 Å². The zero-order chi connectivity index (χ0) is 6.74. The van der Waals surface area contributed by atoms with Gasteiger partial charge in [-0.25, -0.2) is 0 Å². The van der Waals surface area contributed by atoms with E-state index in [4.69, 9.17) is 0 Å². The van der Waals surface area contributed by atoms with Gasteiger partial charge in [0.15, 0.2) is 14.7 Å². The molecule has 1 aliphatic rings. The monoisotopic (exact) mass is 163 g/mol. The molecule has 3 nitrogen and oxygen atoms in total. The highest BCUT2D eigenvalue weighted by Crippen LogP contribution is 2.34. The largest absolute Gasteiger partial charge is 0.299 e. The first-order chi connectivity index (χ1) is 4.33. The fourth-order valence-corrected chi connectivity index (χ4v) is 2.14. The summed E-state index contributed by atoms with van der Waals surface area (Å²) in [6, 6.07) is 0. The van der Waals surface area contributed by atoms with E-state index >= 15 is 0 Å². The first kappa shape index (κ1) is 7.19. The van der Waals surface area contributed by atoms with Crippen LogP contribution < -0.4 is 5.32 Å². The van der Waals surface area contributed by atoms with Gasteiger partial charge >= 0.3 is 0 Å². The van der Waals surface area contributed by atoms with E-state index in [1.807, 2.05) is 0 Å². The highest BCUT2D eigenvalue weighted by Gasteiger charge is 2.34. The molecule has 0 amide bonds. The van der Waals surface area contributed by atoms with Crippen molar-refractivity contribution in [2.45, 2.75) is 4.61 Å². The average molecular weight is 163 g/mol. The van der Waals surface area contributed by atoms with Gasteiger partial charge in [-0.15, -0.1) is 11.8 Å². The van der Waals surface area contributed by atoms with Crippen molar-refractivity contribution in [1.82, 2.24) is 5.32 Å². The van der Waals surface area contributed by atoms with Crippen molar-refractivity contribution in [3.05, 3.63) is 0 Å². The summed E-state index contributed by atoms with van der Waals surface area (Å²) in [7, 11) is -0.135. The molecule has 1 fully saturated rings. The zero-order valence-electron chi connectivity index (χ0n) is 4.66. The van der Waals surface area contributed by atoms with Crippen LogP contribution in [0.3, 0.4) is 0 Å². The molecule has 1 atom stereocenters. The van der Waals surface area contributed by atoms with Crippen LogP contribution in [0.1, 0.15) is 0 Å². The Bertz CT molecular complexity index is 125. The lowest BCUT2D eigenvalue weighted by Gasteiger charge is -2.09. The van der Waals surface area contributed by atoms with E-state index in [1.54, 1.807) is 0 Å². The molecule has 0 bridgehead atoms. The fraction of sp³-hybridized carbons (Fsp3) is 0.750. The van der Waals surface area contributed by atoms with Crippen LogP contribution >= 0.6 is 20.2 Å². The SMILES string of the molecule is O=CC1(P=O)NCCS1. The maximum Gasteiger partial charge on any atom is 0.202 e. The molecule has 50 valence electrons. The fourth-order valence-electron chi connectivity index (χ4n) is 0.644. The molecule has 9 heavy (non-hydrogen) atoms. The molecule has 0 spiro atoms. The van der Waals surface area contributed by atoms with Gasteiger partial charge in [0.1, 0.15) is 0 Å². The van der Waals surface area contributed by atoms with Crippen LogP contribution in [0.15, 0.2) is 0 Å². The summed E-state index contributed by atoms with van der Waals surface area (Å²) in [4.78, 5) is 10.3. The number of hydrogen-bond acceptors (Lipinski definition) is 4. The minimum Gasteiger partial charge on any atom is -0.299 e. The van der Waals surface area contributed by atoms with Crippen LogP contribution in [0, 0.1) is 0 Å². The number of carbonyl (C=O) groups is 1. The van der Waals surface area contributed by atoms with Gasteiger partial charge in [0, 0.05) is 12.3 Å². The van der Waals surface area contributed by atoms with E-state index in [9.17, 15) is 9.36 Å². The lowest BCUT2D eigenvalue weighted by molar-refractivity contribution is -0.108. The molecule has 0 aromatic rings. The van der Waals surface area contributed by atoms with Crippen LogP contribution in [0.25, 0.3) is 0 Å². The van der Waals surface area contributed by atoms with Gasteiger partial charge < -0.3 is 0 Å². The van der Waals surface area contributed by atoms with Crippen LogP contribution in [0.5, 0.6) is 0 Å². The predicted molar refractivity (Wildman–Crippen MR) is 36.9 cm³/mol. The standard InChI is InChI=1S/C4H6NO2PS/c6-3-4(8-7)5-1-2-9-4/h3,5H,1-2H2. The van der Waals surface area contributed by atoms with Gasteiger partial charge in [-0.1, -0.05) is 0 Å². The third-order valence-corrected chi connectivity index (χ3v) is 3.33. The molecule has 1 heterocycles. The van der Waals surface area contributed by atoms with Gasteiger partial charge in [0.25, 0.3) is 0 Å². The number of carbonyl (C=O) groups excluding carboxylic acids is 1. The Balaban J connectivity index is 2.66. The molecule has 1 N–H and O–H groups in total. The molecule has 1 unspecified atom stereocenters. The summed E-state index contributed by atoms with van der Waals surface area (Å²) < 4.78 is 9.52. The Morgan fingerprint density at radius 1 is 1.78 bits per heavy atom. The predicted octanol–water partition coefficient (Wildman–Crippen LogP) is 0.467. The maximum atomic E-state index is 10.3. The smallest absolute Gasteiger partial charge is 0.202 e. The molecule has 0 aliphatic carbocycles. The van der Waals surface area contributed by atoms with Crippen LogP contribution in [0.4, 0.5) is 0 Å². The normalized spacial score (nSPS) is 35.1. The number of rotatable bonds is 2. The number of aldehydes is 1. The first-order valence-corrected chi connectivity index (χ1v) is 4.32. The summed E-state index contributed by atoms with van der Waals surface area (Å²) >= 11 is 1.39. The average Bonchev–Trinajstić information content (AvgIpc) is 2.36. The van der Waals surface area contributed by atoms with Crippen molar-refractivity contribution in [1.29, 1.82) is 0 Å². The second-order valence-corrected chi connectivity index (χ2v) is 4.21. The van der Waals surface area contributed by atoms with E-state index in [2.05, 4.69) is 5.32 Å². The van der Waals surface area contributed by atoms with Crippen molar-refractivity contribution in [3.63, 3.8) is 0 Å². The van der Waals surface area contributed by atoms with Gasteiger partial charge in [0.05, 0.1) is 0 Å². The molecular weight excluding hydrogens is 157 g/mol. The van der Waals surface area contributed by atoms with Gasteiger partial charge in [-0.3, -0.25) is 14.7 Å². The van der Waals surface area contributed by atoms with Gasteiger partial charge in [0.2, 0.25) is 4.61 Å². The minimum atomic E-state index is -0.819. The van der Waals surface area contributed by atoms with E-state index < -0.39 is 4.61 Å². The zero-order valence-corrected chi connectivity index (χ0v) is 6.37. The van der Waals surface area contributed by atoms with Crippen molar-refractivity contribution < 1.29 is 9.36 Å². The maximum absolute atomic E-state index is 10.3. The number of hydrogen-bond donors (Lipinski definition) is 1. The lowest BCUT2D eigenvalue weighted by Crippen LogP contribution is -2.32. The van der Waals surface area contributed by atoms with Crippen LogP contribution in [-0.2, 0) is 9.36 Å². The summed E-state index contributed by atoms with van der Waals surface area (Å²) in [5, 5.41) is 2.84. The van der Waals surface area contributed by atoms with Crippen LogP contribution in [-0.4, -0.2) is 23.2 Å². The molecule has 1 saturated heterocycles. The summed E-state index contributed by atoms with van der Waals surface area (Å²) in [6.07, 6.45) is 0.694.